The Bertz CT molecular complexity index is 522. The van der Waals surface area contributed by atoms with Crippen molar-refractivity contribution in [1.29, 1.82) is 0 Å². The fourth-order valence-corrected chi connectivity index (χ4v) is 2.79. The molecule has 0 radical (unpaired) electrons. The van der Waals surface area contributed by atoms with Crippen LogP contribution in [0.5, 0.6) is 0 Å². The molecule has 1 aromatic rings. The van der Waals surface area contributed by atoms with E-state index in [-0.39, 0.29) is 5.97 Å². The van der Waals surface area contributed by atoms with Crippen molar-refractivity contribution in [2.45, 2.75) is 90.6 Å². The lowest BCUT2D eigenvalue weighted by Gasteiger charge is -2.04. The summed E-state index contributed by atoms with van der Waals surface area (Å²) in [4.78, 5) is 15.7. The second kappa shape index (κ2) is 17.5. The number of aromatic nitrogens is 1. The number of hydrogen-bond acceptors (Lipinski definition) is 3. The number of ether oxygens (including phenoxy) is 1. The minimum atomic E-state index is -0.104. The van der Waals surface area contributed by atoms with Gasteiger partial charge in [-0.3, -0.25) is 9.78 Å². The first kappa shape index (κ1) is 23.1. The summed E-state index contributed by atoms with van der Waals surface area (Å²) in [5.41, 5.74) is 0.937. The minimum absolute atomic E-state index is 0.104. The largest absolute Gasteiger partial charge is 0.461 e. The maximum atomic E-state index is 11.7. The molecule has 0 spiro atoms. The van der Waals surface area contributed by atoms with Gasteiger partial charge in [0.15, 0.2) is 0 Å². The predicted octanol–water partition coefficient (Wildman–Crippen LogP) is 6.94. The van der Waals surface area contributed by atoms with Crippen LogP contribution >= 0.6 is 0 Å². The van der Waals surface area contributed by atoms with Crippen molar-refractivity contribution in [3.63, 3.8) is 0 Å². The van der Waals surface area contributed by atoms with E-state index in [9.17, 15) is 4.79 Å². The summed E-state index contributed by atoms with van der Waals surface area (Å²) < 4.78 is 5.26. The van der Waals surface area contributed by atoms with Crippen LogP contribution in [-0.2, 0) is 16.1 Å². The van der Waals surface area contributed by atoms with Gasteiger partial charge in [-0.1, -0.05) is 75.8 Å². The molecule has 0 aromatic carbocycles. The van der Waals surface area contributed by atoms with Crippen molar-refractivity contribution in [1.82, 2.24) is 4.98 Å². The van der Waals surface area contributed by atoms with E-state index in [0.717, 1.165) is 24.8 Å². The van der Waals surface area contributed by atoms with Crippen molar-refractivity contribution < 1.29 is 9.53 Å². The molecule has 0 amide bonds. The lowest BCUT2D eigenvalue weighted by molar-refractivity contribution is -0.145. The fourth-order valence-electron chi connectivity index (χ4n) is 2.79. The van der Waals surface area contributed by atoms with Gasteiger partial charge in [0.1, 0.15) is 6.61 Å². The van der Waals surface area contributed by atoms with E-state index in [2.05, 4.69) is 36.2 Å². The molecule has 0 unspecified atom stereocenters. The first-order valence-electron chi connectivity index (χ1n) is 10.7. The first-order valence-corrected chi connectivity index (χ1v) is 10.7. The van der Waals surface area contributed by atoms with Gasteiger partial charge in [-0.25, -0.2) is 0 Å². The van der Waals surface area contributed by atoms with Gasteiger partial charge in [0.05, 0.1) is 0 Å². The zero-order valence-corrected chi connectivity index (χ0v) is 17.1. The highest BCUT2D eigenvalue weighted by atomic mass is 16.5. The van der Waals surface area contributed by atoms with E-state index in [1.165, 1.54) is 51.4 Å². The number of rotatable bonds is 16. The Morgan fingerprint density at radius 2 is 1.67 bits per heavy atom. The highest BCUT2D eigenvalue weighted by Gasteiger charge is 2.03. The molecule has 1 rings (SSSR count). The Hall–Kier alpha value is -1.90. The predicted molar refractivity (Wildman–Crippen MR) is 113 cm³/mol. The molecule has 3 nitrogen and oxygen atoms in total. The van der Waals surface area contributed by atoms with Gasteiger partial charge in [0, 0.05) is 24.4 Å². The number of hydrogen-bond donors (Lipinski definition) is 0. The highest BCUT2D eigenvalue weighted by Crippen LogP contribution is 2.10. The molecule has 0 saturated heterocycles. The Kier molecular flexibility index (Phi) is 15.0. The van der Waals surface area contributed by atoms with E-state index < -0.39 is 0 Å². The van der Waals surface area contributed by atoms with Gasteiger partial charge < -0.3 is 4.74 Å². The summed E-state index contributed by atoms with van der Waals surface area (Å²) in [6, 6.07) is 3.77. The number of nitrogens with zero attached hydrogens (tertiary/aromatic N) is 1. The molecule has 3 heteroatoms. The maximum Gasteiger partial charge on any atom is 0.306 e. The Morgan fingerprint density at radius 3 is 2.37 bits per heavy atom. The molecule has 1 aromatic heterocycles. The van der Waals surface area contributed by atoms with Crippen LogP contribution in [0.4, 0.5) is 0 Å². The lowest BCUT2D eigenvalue weighted by Crippen LogP contribution is -2.04. The Balaban J connectivity index is 1.84. The van der Waals surface area contributed by atoms with Gasteiger partial charge >= 0.3 is 5.97 Å². The van der Waals surface area contributed by atoms with E-state index in [1.54, 1.807) is 12.4 Å². The monoisotopic (exact) mass is 371 g/mol. The van der Waals surface area contributed by atoms with Gasteiger partial charge in [-0.05, 0) is 38.2 Å². The van der Waals surface area contributed by atoms with Crippen LogP contribution in [0.3, 0.4) is 0 Å². The third-order valence-electron chi connectivity index (χ3n) is 4.45. The van der Waals surface area contributed by atoms with Crippen LogP contribution < -0.4 is 0 Å². The molecule has 1 heterocycles. The zero-order chi connectivity index (χ0) is 19.4. The molecule has 27 heavy (non-hydrogen) atoms. The summed E-state index contributed by atoms with van der Waals surface area (Å²) in [6.07, 6.45) is 26.2. The second-order valence-corrected chi connectivity index (χ2v) is 7.00. The van der Waals surface area contributed by atoms with Crippen molar-refractivity contribution >= 4 is 5.97 Å². The quantitative estimate of drug-likeness (QED) is 0.179. The maximum absolute atomic E-state index is 11.7. The summed E-state index contributed by atoms with van der Waals surface area (Å²) in [6.45, 7) is 2.56. The van der Waals surface area contributed by atoms with Crippen molar-refractivity contribution in [3.8, 4) is 0 Å². The van der Waals surface area contributed by atoms with Crippen LogP contribution in [0.25, 0.3) is 0 Å². The molecule has 0 aliphatic heterocycles. The number of esters is 1. The molecule has 0 saturated carbocycles. The molecular formula is C24H37NO2. The number of allylic oxidation sites excluding steroid dienone is 4. The Morgan fingerprint density at radius 1 is 0.963 bits per heavy atom. The standard InChI is InChI=1S/C24H37NO2/c1-2-3-4-5-6-7-8-9-10-11-12-13-14-15-16-19-24(26)27-22-23-18-17-20-25-21-23/h5-6,8-9,17-18,20-21H,2-4,7,10-16,19,22H2,1H3/b6-5-,9-8-. The normalized spacial score (nSPS) is 11.4. The van der Waals surface area contributed by atoms with Crippen molar-refractivity contribution in [3.05, 3.63) is 54.4 Å². The van der Waals surface area contributed by atoms with Gasteiger partial charge in [-0.15, -0.1) is 0 Å². The summed E-state index contributed by atoms with van der Waals surface area (Å²) in [5, 5.41) is 0. The van der Waals surface area contributed by atoms with Crippen LogP contribution in [-0.4, -0.2) is 11.0 Å². The molecule has 150 valence electrons. The van der Waals surface area contributed by atoms with Gasteiger partial charge in [-0.2, -0.15) is 0 Å². The molecule has 0 fully saturated rings. The molecular weight excluding hydrogens is 334 g/mol. The van der Waals surface area contributed by atoms with E-state index in [1.807, 2.05) is 12.1 Å². The van der Waals surface area contributed by atoms with E-state index in [0.29, 0.717) is 13.0 Å². The van der Waals surface area contributed by atoms with Crippen LogP contribution in [0.15, 0.2) is 48.8 Å². The van der Waals surface area contributed by atoms with Crippen molar-refractivity contribution in [2.24, 2.45) is 0 Å². The van der Waals surface area contributed by atoms with Crippen LogP contribution in [0.2, 0.25) is 0 Å². The molecule has 0 aliphatic rings. The molecule has 0 atom stereocenters. The summed E-state index contributed by atoms with van der Waals surface area (Å²) >= 11 is 0. The fraction of sp³-hybridized carbons (Fsp3) is 0.583. The topological polar surface area (TPSA) is 39.2 Å². The first-order chi connectivity index (χ1) is 13.3. The third-order valence-corrected chi connectivity index (χ3v) is 4.45. The summed E-state index contributed by atoms with van der Waals surface area (Å²) in [7, 11) is 0. The van der Waals surface area contributed by atoms with E-state index >= 15 is 0 Å². The van der Waals surface area contributed by atoms with Crippen molar-refractivity contribution in [2.75, 3.05) is 0 Å². The number of unbranched alkanes of at least 4 members (excludes halogenated alkanes) is 8. The summed E-state index contributed by atoms with van der Waals surface area (Å²) in [5.74, 6) is -0.104. The Labute approximate surface area is 165 Å². The number of carbonyl (C=O) groups excluding carboxylic acids is 1. The third kappa shape index (κ3) is 14.9. The number of pyridine rings is 1. The molecule has 0 N–H and O–H groups in total. The van der Waals surface area contributed by atoms with Gasteiger partial charge in [0.2, 0.25) is 0 Å². The smallest absolute Gasteiger partial charge is 0.306 e. The molecule has 0 aliphatic carbocycles. The lowest BCUT2D eigenvalue weighted by atomic mass is 10.1. The zero-order valence-electron chi connectivity index (χ0n) is 17.1. The van der Waals surface area contributed by atoms with Gasteiger partial charge in [0.25, 0.3) is 0 Å². The average molecular weight is 372 g/mol. The van der Waals surface area contributed by atoms with E-state index in [4.69, 9.17) is 4.74 Å². The highest BCUT2D eigenvalue weighted by molar-refractivity contribution is 5.69. The molecule has 0 bridgehead atoms. The van der Waals surface area contributed by atoms with Crippen LogP contribution in [0, 0.1) is 0 Å². The second-order valence-electron chi connectivity index (χ2n) is 7.00. The SMILES string of the molecule is CCCC/C=C\C/C=C\CCCCCCCCC(=O)OCc1cccnc1. The minimum Gasteiger partial charge on any atom is -0.461 e. The number of carbonyl (C=O) groups is 1. The average Bonchev–Trinajstić information content (AvgIpc) is 2.70. The van der Waals surface area contributed by atoms with Crippen LogP contribution in [0.1, 0.15) is 89.5 Å².